The van der Waals surface area contributed by atoms with Gasteiger partial charge in [0, 0.05) is 0 Å². The number of carboxylic acid groups (broad SMARTS) is 2. The third-order valence-corrected chi connectivity index (χ3v) is 8.78. The number of hydrogen-bond acceptors (Lipinski definition) is 13. The quantitative estimate of drug-likeness (QED) is 0.0341. The Morgan fingerprint density at radius 3 is 1.73 bits per heavy atom. The van der Waals surface area contributed by atoms with Gasteiger partial charge in [0.1, 0.15) is 36.3 Å². The summed E-state index contributed by atoms with van der Waals surface area (Å²) in [4.78, 5) is 114. The molecule has 0 aliphatic heterocycles. The highest BCUT2D eigenvalue weighted by atomic mass is 32.2. The SMILES string of the molecule is CSCC[C@H](N)C(=O)NCC(=O)N[C@@H](CC(=O)O)C(=O)N[C@@H](CC(C)C)C(=O)N[C@@H](CCCCN)C(=O)N[C@@H](CO)C(=O)N[C@H](C(=O)N[C@@H](C)C(=O)O)C(C)C. The van der Waals surface area contributed by atoms with E-state index in [1.165, 1.54) is 18.7 Å². The number of aliphatic hydroxyl groups is 1. The van der Waals surface area contributed by atoms with E-state index in [1.807, 2.05) is 6.26 Å². The fourth-order valence-corrected chi connectivity index (χ4v) is 5.42. The van der Waals surface area contributed by atoms with Crippen LogP contribution in [0.4, 0.5) is 0 Å². The highest BCUT2D eigenvalue weighted by Crippen LogP contribution is 2.10. The predicted octanol–water partition coefficient (Wildman–Crippen LogP) is -3.51. The second-order valence-corrected chi connectivity index (χ2v) is 14.9. The van der Waals surface area contributed by atoms with E-state index in [9.17, 15) is 53.4 Å². The molecule has 14 N–H and O–H groups in total. The van der Waals surface area contributed by atoms with Gasteiger partial charge in [-0.1, -0.05) is 27.7 Å². The number of aliphatic hydroxyl groups excluding tert-OH is 1. The van der Waals surface area contributed by atoms with E-state index in [0.29, 0.717) is 25.0 Å². The monoisotopic (exact) mass is 819 g/mol. The maximum atomic E-state index is 13.7. The summed E-state index contributed by atoms with van der Waals surface area (Å²) >= 11 is 1.48. The Kier molecular flexibility index (Phi) is 24.9. The summed E-state index contributed by atoms with van der Waals surface area (Å²) in [6.07, 6.45) is 2.09. The fraction of sp³-hybridized carbons (Fsp3) is 0.735. The van der Waals surface area contributed by atoms with Crippen molar-refractivity contribution in [3.63, 3.8) is 0 Å². The standard InChI is InChI=1S/C34H61N9O12S/c1-17(2)13-22(41-31(51)23(14-26(46)47)39-25(45)15-37-28(48)20(36)10-12-56-6)30(50)40-21(9-7-8-11-35)29(49)42-24(16-44)32(52)43-27(18(3)4)33(53)38-19(5)34(54)55/h17-24,27,44H,7-16,35-36H2,1-6H3,(H,37,48)(H,38,53)(H,39,45)(H,40,50)(H,41,51)(H,42,49)(H,43,52)(H,46,47)(H,54,55)/t19-,20-,21-,22-,23-,24-,27-/m0/s1. The Bertz CT molecular complexity index is 1350. The molecule has 0 saturated heterocycles. The molecule has 7 amide bonds. The van der Waals surface area contributed by atoms with Crippen molar-refractivity contribution in [2.45, 2.75) is 115 Å². The van der Waals surface area contributed by atoms with Gasteiger partial charge in [0.25, 0.3) is 0 Å². The second-order valence-electron chi connectivity index (χ2n) is 13.9. The van der Waals surface area contributed by atoms with Crippen LogP contribution in [-0.2, 0) is 43.2 Å². The molecule has 0 aromatic carbocycles. The zero-order chi connectivity index (χ0) is 43.1. The van der Waals surface area contributed by atoms with E-state index in [-0.39, 0.29) is 25.3 Å². The van der Waals surface area contributed by atoms with E-state index >= 15 is 0 Å². The minimum atomic E-state index is -1.67. The Morgan fingerprint density at radius 1 is 0.661 bits per heavy atom. The van der Waals surface area contributed by atoms with Crippen molar-refractivity contribution < 1.29 is 58.5 Å². The van der Waals surface area contributed by atoms with Crippen LogP contribution in [0.25, 0.3) is 0 Å². The van der Waals surface area contributed by atoms with Crippen LogP contribution in [0.1, 0.15) is 73.1 Å². The Labute approximate surface area is 330 Å². The molecule has 0 radical (unpaired) electrons. The molecule has 0 spiro atoms. The van der Waals surface area contributed by atoms with Crippen molar-refractivity contribution >= 4 is 65.1 Å². The van der Waals surface area contributed by atoms with Crippen LogP contribution in [0, 0.1) is 11.8 Å². The van der Waals surface area contributed by atoms with Crippen molar-refractivity contribution in [3.05, 3.63) is 0 Å². The van der Waals surface area contributed by atoms with Crippen LogP contribution in [0.2, 0.25) is 0 Å². The molecule has 0 unspecified atom stereocenters. The molecule has 0 fully saturated rings. The molecule has 0 aliphatic rings. The zero-order valence-corrected chi connectivity index (χ0v) is 33.7. The van der Waals surface area contributed by atoms with Gasteiger partial charge in [0.15, 0.2) is 0 Å². The lowest BCUT2D eigenvalue weighted by Gasteiger charge is -2.28. The van der Waals surface area contributed by atoms with Crippen LogP contribution < -0.4 is 48.7 Å². The number of carboxylic acids is 2. The van der Waals surface area contributed by atoms with Crippen molar-refractivity contribution in [3.8, 4) is 0 Å². The highest BCUT2D eigenvalue weighted by Gasteiger charge is 2.34. The topological polar surface area (TPSA) is 351 Å². The van der Waals surface area contributed by atoms with E-state index in [0.717, 1.165) is 0 Å². The highest BCUT2D eigenvalue weighted by molar-refractivity contribution is 7.98. The van der Waals surface area contributed by atoms with Crippen LogP contribution in [0.3, 0.4) is 0 Å². The summed E-state index contributed by atoms with van der Waals surface area (Å²) in [6.45, 7) is 6.59. The third-order valence-electron chi connectivity index (χ3n) is 8.14. The van der Waals surface area contributed by atoms with Crippen molar-refractivity contribution in [2.75, 3.05) is 31.7 Å². The number of nitrogens with two attached hydrogens (primary N) is 2. The minimum absolute atomic E-state index is 0.00530. The van der Waals surface area contributed by atoms with Gasteiger partial charge in [-0.05, 0) is 69.4 Å². The molecule has 0 aromatic heterocycles. The molecular weight excluding hydrogens is 758 g/mol. The summed E-state index contributed by atoms with van der Waals surface area (Å²) in [5, 5.41) is 45.1. The molecule has 0 aromatic rings. The lowest BCUT2D eigenvalue weighted by Crippen LogP contribution is -2.61. The summed E-state index contributed by atoms with van der Waals surface area (Å²) < 4.78 is 0. The maximum absolute atomic E-state index is 13.7. The molecular formula is C34H61N9O12S. The van der Waals surface area contributed by atoms with E-state index in [1.54, 1.807) is 27.7 Å². The first-order chi connectivity index (χ1) is 26.2. The van der Waals surface area contributed by atoms with Crippen LogP contribution >= 0.6 is 11.8 Å². The number of unbranched alkanes of at least 4 members (excludes halogenated alkanes) is 1. The maximum Gasteiger partial charge on any atom is 0.325 e. The van der Waals surface area contributed by atoms with Gasteiger partial charge in [0.2, 0.25) is 41.4 Å². The molecule has 0 bridgehead atoms. The number of rotatable bonds is 28. The molecule has 7 atom stereocenters. The summed E-state index contributed by atoms with van der Waals surface area (Å²) in [7, 11) is 0. The lowest BCUT2D eigenvalue weighted by molar-refractivity contribution is -0.142. The number of hydrogen-bond donors (Lipinski definition) is 12. The number of thioether (sulfide) groups is 1. The van der Waals surface area contributed by atoms with Crippen LogP contribution in [-0.4, -0.2) is 143 Å². The third kappa shape index (κ3) is 20.4. The van der Waals surface area contributed by atoms with E-state index in [2.05, 4.69) is 37.2 Å². The fourth-order valence-electron chi connectivity index (χ4n) is 4.93. The van der Waals surface area contributed by atoms with E-state index in [4.69, 9.17) is 16.6 Å². The molecule has 56 heavy (non-hydrogen) atoms. The molecule has 0 heterocycles. The molecule has 22 heteroatoms. The van der Waals surface area contributed by atoms with Gasteiger partial charge in [-0.15, -0.1) is 0 Å². The van der Waals surface area contributed by atoms with Gasteiger partial charge >= 0.3 is 11.9 Å². The minimum Gasteiger partial charge on any atom is -0.481 e. The Hall–Kier alpha value is -4.54. The molecule has 0 rings (SSSR count). The summed E-state index contributed by atoms with van der Waals surface area (Å²) in [5.74, 6) is -9.01. The smallest absolute Gasteiger partial charge is 0.325 e. The van der Waals surface area contributed by atoms with Crippen LogP contribution in [0.5, 0.6) is 0 Å². The van der Waals surface area contributed by atoms with Gasteiger partial charge < -0.3 is 64.0 Å². The number of carbonyl (C=O) groups is 9. The van der Waals surface area contributed by atoms with Gasteiger partial charge in [-0.25, -0.2) is 0 Å². The van der Waals surface area contributed by atoms with Gasteiger partial charge in [-0.3, -0.25) is 43.2 Å². The lowest BCUT2D eigenvalue weighted by atomic mass is 10.0. The average molecular weight is 820 g/mol. The summed E-state index contributed by atoms with van der Waals surface area (Å²) in [5.41, 5.74) is 11.4. The molecule has 21 nitrogen and oxygen atoms in total. The number of nitrogens with one attached hydrogen (secondary N) is 7. The summed E-state index contributed by atoms with van der Waals surface area (Å²) in [6, 6.07) is -9.34. The van der Waals surface area contributed by atoms with Crippen molar-refractivity contribution in [1.29, 1.82) is 0 Å². The number of amides is 7. The van der Waals surface area contributed by atoms with E-state index < -0.39 is 121 Å². The number of carbonyl (C=O) groups excluding carboxylic acids is 7. The molecule has 0 saturated carbocycles. The second kappa shape index (κ2) is 27.1. The first-order valence-electron chi connectivity index (χ1n) is 18.3. The predicted molar refractivity (Wildman–Crippen MR) is 205 cm³/mol. The Morgan fingerprint density at radius 2 is 1.21 bits per heavy atom. The molecule has 0 aliphatic carbocycles. The van der Waals surface area contributed by atoms with Crippen LogP contribution in [0.15, 0.2) is 0 Å². The van der Waals surface area contributed by atoms with Gasteiger partial charge in [0.05, 0.1) is 25.6 Å². The largest absolute Gasteiger partial charge is 0.481 e. The Balaban J connectivity index is 6.03. The first-order valence-corrected chi connectivity index (χ1v) is 19.7. The normalized spacial score (nSPS) is 14.8. The average Bonchev–Trinajstić information content (AvgIpc) is 3.11. The molecule has 320 valence electrons. The zero-order valence-electron chi connectivity index (χ0n) is 32.8. The van der Waals surface area contributed by atoms with Gasteiger partial charge in [-0.2, -0.15) is 11.8 Å². The van der Waals surface area contributed by atoms with Crippen molar-refractivity contribution in [1.82, 2.24) is 37.2 Å². The first kappa shape index (κ1) is 51.5. The number of aliphatic carboxylic acids is 2. The van der Waals surface area contributed by atoms with Crippen molar-refractivity contribution in [2.24, 2.45) is 23.3 Å².